The third kappa shape index (κ3) is 7.74. The van der Waals surface area contributed by atoms with Crippen LogP contribution in [0.25, 0.3) is 0 Å². The zero-order valence-corrected chi connectivity index (χ0v) is 24.8. The topological polar surface area (TPSA) is 133 Å². The first-order valence-electron chi connectivity index (χ1n) is 16.0. The summed E-state index contributed by atoms with van der Waals surface area (Å²) in [6.45, 7) is 4.31. The molecule has 4 amide bonds. The van der Waals surface area contributed by atoms with E-state index in [2.05, 4.69) is 10.6 Å². The Hall–Kier alpha value is -2.78. The SMILES string of the molecule is CCC(=O)C1C[C@@H](NC(=O)CCCC(=O)N[C@H]2CC(C(=O)CC)N(C(=O)C3CCCC3)C2)CN1C(=O)C1CCCC1. The van der Waals surface area contributed by atoms with Crippen LogP contribution in [0.3, 0.4) is 0 Å². The fourth-order valence-corrected chi connectivity index (χ4v) is 7.27. The van der Waals surface area contributed by atoms with Gasteiger partial charge >= 0.3 is 0 Å². The van der Waals surface area contributed by atoms with Gasteiger partial charge in [-0.05, 0) is 44.9 Å². The highest BCUT2D eigenvalue weighted by molar-refractivity contribution is 5.91. The van der Waals surface area contributed by atoms with Crippen LogP contribution in [0.2, 0.25) is 0 Å². The minimum Gasteiger partial charge on any atom is -0.351 e. The van der Waals surface area contributed by atoms with E-state index in [1.54, 1.807) is 23.6 Å². The van der Waals surface area contributed by atoms with Gasteiger partial charge in [0.1, 0.15) is 0 Å². The third-order valence-corrected chi connectivity index (χ3v) is 9.56. The standard InChI is InChI=1S/C31H48N4O6/c1-3-26(36)24-16-22(18-34(24)30(40)20-10-5-6-11-20)32-28(38)14-9-15-29(39)33-23-17-25(27(37)4-2)35(19-23)31(41)21-12-7-8-13-21/h20-25H,3-19H2,1-2H3,(H,32,38)(H,33,39)/t22-,23+,24?,25?. The van der Waals surface area contributed by atoms with Crippen molar-refractivity contribution in [2.45, 2.75) is 134 Å². The molecule has 0 radical (unpaired) electrons. The first-order chi connectivity index (χ1) is 19.7. The van der Waals surface area contributed by atoms with E-state index in [4.69, 9.17) is 0 Å². The summed E-state index contributed by atoms with van der Waals surface area (Å²) in [5.74, 6) is -0.267. The number of likely N-dealkylation sites (tertiary alicyclic amines) is 2. The Morgan fingerprint density at radius 1 is 0.610 bits per heavy atom. The molecule has 2 N–H and O–H groups in total. The lowest BCUT2D eigenvalue weighted by Gasteiger charge is -2.26. The highest BCUT2D eigenvalue weighted by atomic mass is 16.2. The molecule has 10 heteroatoms. The molecular formula is C31H48N4O6. The number of hydrogen-bond acceptors (Lipinski definition) is 6. The van der Waals surface area contributed by atoms with Crippen LogP contribution in [0, 0.1) is 11.8 Å². The normalized spacial score (nSPS) is 26.9. The van der Waals surface area contributed by atoms with Gasteiger partial charge in [0, 0.05) is 62.7 Å². The fraction of sp³-hybridized carbons (Fsp3) is 0.806. The molecule has 4 rings (SSSR count). The van der Waals surface area contributed by atoms with Crippen molar-refractivity contribution in [2.75, 3.05) is 13.1 Å². The van der Waals surface area contributed by atoms with Crippen LogP contribution in [0.4, 0.5) is 0 Å². The lowest BCUT2D eigenvalue weighted by molar-refractivity contribution is -0.140. The lowest BCUT2D eigenvalue weighted by atomic mass is 10.0. The number of rotatable bonds is 12. The molecule has 10 nitrogen and oxygen atoms in total. The molecule has 2 saturated carbocycles. The van der Waals surface area contributed by atoms with Gasteiger partial charge in [-0.1, -0.05) is 39.5 Å². The summed E-state index contributed by atoms with van der Waals surface area (Å²) >= 11 is 0. The number of hydrogen-bond donors (Lipinski definition) is 2. The smallest absolute Gasteiger partial charge is 0.226 e. The lowest BCUT2D eigenvalue weighted by Crippen LogP contribution is -2.44. The number of ketones is 2. The van der Waals surface area contributed by atoms with Crippen LogP contribution in [0.5, 0.6) is 0 Å². The fourth-order valence-electron chi connectivity index (χ4n) is 7.27. The average molecular weight is 573 g/mol. The van der Waals surface area contributed by atoms with Crippen molar-refractivity contribution >= 4 is 35.2 Å². The Kier molecular flexibility index (Phi) is 10.9. The molecule has 2 aliphatic heterocycles. The van der Waals surface area contributed by atoms with Crippen LogP contribution in [0.15, 0.2) is 0 Å². The molecule has 41 heavy (non-hydrogen) atoms. The van der Waals surface area contributed by atoms with Crippen LogP contribution in [-0.2, 0) is 28.8 Å². The van der Waals surface area contributed by atoms with E-state index in [1.165, 1.54) is 0 Å². The van der Waals surface area contributed by atoms with E-state index in [0.29, 0.717) is 45.2 Å². The maximum absolute atomic E-state index is 13.1. The van der Waals surface area contributed by atoms with Crippen molar-refractivity contribution in [1.29, 1.82) is 0 Å². The molecule has 0 aromatic rings. The summed E-state index contributed by atoms with van der Waals surface area (Å²) in [7, 11) is 0. The zero-order valence-electron chi connectivity index (χ0n) is 24.8. The van der Waals surface area contributed by atoms with Crippen molar-refractivity contribution < 1.29 is 28.8 Å². The van der Waals surface area contributed by atoms with E-state index in [9.17, 15) is 28.8 Å². The van der Waals surface area contributed by atoms with Gasteiger partial charge in [-0.15, -0.1) is 0 Å². The Morgan fingerprint density at radius 3 is 1.32 bits per heavy atom. The minimum atomic E-state index is -0.473. The van der Waals surface area contributed by atoms with Crippen LogP contribution < -0.4 is 10.6 Å². The average Bonchev–Trinajstić information content (AvgIpc) is 3.78. The van der Waals surface area contributed by atoms with Crippen LogP contribution in [0.1, 0.15) is 110 Å². The highest BCUT2D eigenvalue weighted by Gasteiger charge is 2.43. The van der Waals surface area contributed by atoms with Crippen molar-refractivity contribution in [3.05, 3.63) is 0 Å². The molecule has 2 saturated heterocycles. The zero-order chi connectivity index (χ0) is 29.5. The van der Waals surface area contributed by atoms with Crippen molar-refractivity contribution in [1.82, 2.24) is 20.4 Å². The molecule has 4 atom stereocenters. The van der Waals surface area contributed by atoms with E-state index in [1.807, 2.05) is 0 Å². The maximum atomic E-state index is 13.1. The molecule has 228 valence electrons. The number of nitrogens with one attached hydrogen (secondary N) is 2. The summed E-state index contributed by atoms with van der Waals surface area (Å²) < 4.78 is 0. The quantitative estimate of drug-likeness (QED) is 0.370. The second kappa shape index (κ2) is 14.4. The summed E-state index contributed by atoms with van der Waals surface area (Å²) in [5.41, 5.74) is 0. The monoisotopic (exact) mass is 572 g/mol. The predicted molar refractivity (Wildman–Crippen MR) is 152 cm³/mol. The van der Waals surface area contributed by atoms with Gasteiger partial charge in [0.2, 0.25) is 23.6 Å². The summed E-state index contributed by atoms with van der Waals surface area (Å²) in [6.07, 6.45) is 9.92. The molecule has 4 aliphatic rings. The molecule has 2 heterocycles. The van der Waals surface area contributed by atoms with Gasteiger partial charge in [0.15, 0.2) is 11.6 Å². The minimum absolute atomic E-state index is 0.0155. The van der Waals surface area contributed by atoms with Crippen molar-refractivity contribution in [2.24, 2.45) is 11.8 Å². The molecule has 0 aromatic heterocycles. The number of nitrogens with zero attached hydrogens (tertiary/aromatic N) is 2. The number of carbonyl (C=O) groups is 6. The van der Waals surface area contributed by atoms with Gasteiger partial charge in [-0.2, -0.15) is 0 Å². The highest BCUT2D eigenvalue weighted by Crippen LogP contribution is 2.32. The number of Topliss-reactive ketones (excluding diaryl/α,β-unsaturated/α-hetero) is 2. The van der Waals surface area contributed by atoms with Gasteiger partial charge in [0.05, 0.1) is 12.1 Å². The van der Waals surface area contributed by atoms with Gasteiger partial charge in [-0.25, -0.2) is 0 Å². The molecule has 4 fully saturated rings. The summed E-state index contributed by atoms with van der Waals surface area (Å²) in [5, 5.41) is 5.96. The Morgan fingerprint density at radius 2 is 0.976 bits per heavy atom. The molecule has 0 spiro atoms. The van der Waals surface area contributed by atoms with E-state index in [-0.39, 0.29) is 72.0 Å². The number of carbonyl (C=O) groups excluding carboxylic acids is 6. The Bertz CT molecular complexity index is 925. The largest absolute Gasteiger partial charge is 0.351 e. The van der Waals surface area contributed by atoms with Crippen molar-refractivity contribution in [3.63, 3.8) is 0 Å². The van der Waals surface area contributed by atoms with Crippen LogP contribution in [-0.4, -0.2) is 82.3 Å². The Labute approximate surface area is 243 Å². The Balaban J connectivity index is 1.21. The van der Waals surface area contributed by atoms with Crippen molar-refractivity contribution in [3.8, 4) is 0 Å². The summed E-state index contributed by atoms with van der Waals surface area (Å²) in [4.78, 5) is 80.1. The van der Waals surface area contributed by atoms with Gasteiger partial charge in [-0.3, -0.25) is 28.8 Å². The first kappa shape index (κ1) is 31.2. The second-order valence-electron chi connectivity index (χ2n) is 12.5. The van der Waals surface area contributed by atoms with Gasteiger partial charge < -0.3 is 20.4 Å². The third-order valence-electron chi connectivity index (χ3n) is 9.56. The molecule has 0 bridgehead atoms. The molecule has 2 unspecified atom stereocenters. The van der Waals surface area contributed by atoms with Gasteiger partial charge in [0.25, 0.3) is 0 Å². The number of amides is 4. The van der Waals surface area contributed by atoms with E-state index >= 15 is 0 Å². The summed E-state index contributed by atoms with van der Waals surface area (Å²) in [6, 6.07) is -1.48. The maximum Gasteiger partial charge on any atom is 0.226 e. The molecule has 0 aromatic carbocycles. The molecular weight excluding hydrogens is 524 g/mol. The molecule has 2 aliphatic carbocycles. The predicted octanol–water partition coefficient (Wildman–Crippen LogP) is 2.67. The second-order valence-corrected chi connectivity index (χ2v) is 12.5. The van der Waals surface area contributed by atoms with E-state index < -0.39 is 12.1 Å². The van der Waals surface area contributed by atoms with E-state index in [0.717, 1.165) is 51.4 Å². The van der Waals surface area contributed by atoms with Crippen LogP contribution >= 0.6 is 0 Å². The first-order valence-corrected chi connectivity index (χ1v) is 16.0.